The van der Waals surface area contributed by atoms with Gasteiger partial charge in [0.1, 0.15) is 47.7 Å². The number of ether oxygens (including phenoxy) is 4. The fraction of sp³-hybridized carbons (Fsp3) is 0.320. The van der Waals surface area contributed by atoms with Gasteiger partial charge < -0.3 is 24.1 Å². The van der Waals surface area contributed by atoms with E-state index in [2.05, 4.69) is 15.0 Å². The Labute approximate surface area is 216 Å². The number of hydrogen-bond acceptors (Lipinski definition) is 12. The zero-order valence-corrected chi connectivity index (χ0v) is 20.6. The number of carbonyl (C=O) groups excluding carboxylic acids is 3. The van der Waals surface area contributed by atoms with Crippen molar-refractivity contribution in [3.05, 3.63) is 54.2 Å². The lowest BCUT2D eigenvalue weighted by Gasteiger charge is -2.23. The van der Waals surface area contributed by atoms with Crippen LogP contribution in [0.2, 0.25) is 0 Å². The number of nitrogens with zero attached hydrogens (tertiary/aromatic N) is 5. The number of esters is 3. The van der Waals surface area contributed by atoms with Gasteiger partial charge in [-0.2, -0.15) is 5.26 Å². The van der Waals surface area contributed by atoms with E-state index in [4.69, 9.17) is 18.9 Å². The SMILES string of the molecule is CC(=O)OC[C@H]1O[C@@H](n2cnc3c(/C(C#N)=C(\O)c4ccccc4)ncnc32)[C@H](OC(C)=O)[C@@H]1OC(C)=O. The van der Waals surface area contributed by atoms with E-state index < -0.39 is 42.4 Å². The molecule has 38 heavy (non-hydrogen) atoms. The highest BCUT2D eigenvalue weighted by Crippen LogP contribution is 2.37. The molecule has 1 N–H and O–H groups in total. The topological polar surface area (TPSA) is 176 Å². The van der Waals surface area contributed by atoms with Crippen LogP contribution in [0.4, 0.5) is 0 Å². The van der Waals surface area contributed by atoms with Crippen molar-refractivity contribution in [1.29, 1.82) is 5.26 Å². The van der Waals surface area contributed by atoms with Gasteiger partial charge in [0.05, 0.1) is 6.33 Å². The molecule has 13 nitrogen and oxygen atoms in total. The van der Waals surface area contributed by atoms with Crippen LogP contribution in [0.15, 0.2) is 43.0 Å². The first-order chi connectivity index (χ1) is 18.2. The van der Waals surface area contributed by atoms with Gasteiger partial charge in [0.2, 0.25) is 0 Å². The average Bonchev–Trinajstić information content (AvgIpc) is 3.45. The third-order valence-electron chi connectivity index (χ3n) is 5.61. The van der Waals surface area contributed by atoms with Crippen molar-refractivity contribution in [3.8, 4) is 6.07 Å². The minimum Gasteiger partial charge on any atom is -0.506 e. The van der Waals surface area contributed by atoms with Crippen molar-refractivity contribution >= 4 is 40.4 Å². The maximum absolute atomic E-state index is 12.0. The molecule has 0 spiro atoms. The number of aliphatic hydroxyl groups excluding tert-OH is 1. The molecule has 0 saturated carbocycles. The summed E-state index contributed by atoms with van der Waals surface area (Å²) in [7, 11) is 0. The Morgan fingerprint density at radius 1 is 1.03 bits per heavy atom. The van der Waals surface area contributed by atoms with E-state index in [0.29, 0.717) is 5.56 Å². The lowest BCUT2D eigenvalue weighted by Crippen LogP contribution is -2.40. The predicted octanol–water partition coefficient (Wildman–Crippen LogP) is 2.10. The van der Waals surface area contributed by atoms with Gasteiger partial charge in [0.25, 0.3) is 0 Å². The van der Waals surface area contributed by atoms with E-state index in [1.54, 1.807) is 30.3 Å². The second kappa shape index (κ2) is 11.1. The zero-order valence-electron chi connectivity index (χ0n) is 20.6. The maximum Gasteiger partial charge on any atom is 0.303 e. The molecule has 0 aliphatic carbocycles. The number of imidazole rings is 1. The number of aromatic nitrogens is 4. The van der Waals surface area contributed by atoms with Gasteiger partial charge in [-0.15, -0.1) is 0 Å². The van der Waals surface area contributed by atoms with Crippen molar-refractivity contribution in [2.75, 3.05) is 6.61 Å². The van der Waals surface area contributed by atoms with Crippen molar-refractivity contribution in [2.24, 2.45) is 0 Å². The van der Waals surface area contributed by atoms with Crippen LogP contribution in [0.25, 0.3) is 22.5 Å². The van der Waals surface area contributed by atoms with Crippen LogP contribution in [0.5, 0.6) is 0 Å². The standard InChI is InChI=1S/C25H23N5O8/c1-13(31)35-10-18-22(36-14(2)32)23(37-15(3)33)25(38-18)30-12-29-20-19(27-11-28-24(20)30)17(9-26)21(34)16-7-5-4-6-8-16/h4-8,11-12,18,22-23,25,34H,10H2,1-3H3/b21-17-/t18-,22-,23-,25-/m1/s1. The van der Waals surface area contributed by atoms with E-state index in [0.717, 1.165) is 0 Å². The molecule has 0 bridgehead atoms. The Morgan fingerprint density at radius 2 is 1.71 bits per heavy atom. The molecule has 196 valence electrons. The second-order valence-corrected chi connectivity index (χ2v) is 8.26. The summed E-state index contributed by atoms with van der Waals surface area (Å²) in [5.74, 6) is -2.21. The number of carbonyl (C=O) groups is 3. The fourth-order valence-corrected chi connectivity index (χ4v) is 4.10. The molecular formula is C25H23N5O8. The largest absolute Gasteiger partial charge is 0.506 e. The Hall–Kier alpha value is -4.83. The number of hydrogen-bond donors (Lipinski definition) is 1. The summed E-state index contributed by atoms with van der Waals surface area (Å²) in [5.41, 5.74) is 0.669. The zero-order chi connectivity index (χ0) is 27.4. The molecule has 1 aromatic carbocycles. The smallest absolute Gasteiger partial charge is 0.303 e. The normalized spacial score (nSPS) is 21.3. The highest BCUT2D eigenvalue weighted by molar-refractivity contribution is 5.99. The van der Waals surface area contributed by atoms with E-state index >= 15 is 0 Å². The van der Waals surface area contributed by atoms with Crippen LogP contribution in [0, 0.1) is 11.3 Å². The fourth-order valence-electron chi connectivity index (χ4n) is 4.10. The average molecular weight is 521 g/mol. The highest BCUT2D eigenvalue weighted by Gasteiger charge is 2.51. The molecule has 1 fully saturated rings. The van der Waals surface area contributed by atoms with Crippen LogP contribution in [-0.4, -0.2) is 67.5 Å². The van der Waals surface area contributed by atoms with E-state index in [-0.39, 0.29) is 34.8 Å². The summed E-state index contributed by atoms with van der Waals surface area (Å²) in [5, 5.41) is 20.7. The van der Waals surface area contributed by atoms with Crippen LogP contribution < -0.4 is 0 Å². The lowest BCUT2D eigenvalue weighted by molar-refractivity contribution is -0.166. The number of benzene rings is 1. The van der Waals surface area contributed by atoms with Crippen molar-refractivity contribution in [2.45, 2.75) is 45.3 Å². The molecular weight excluding hydrogens is 498 g/mol. The first kappa shape index (κ1) is 26.2. The minimum absolute atomic E-state index is 0.0626. The van der Waals surface area contributed by atoms with E-state index in [1.165, 1.54) is 38.0 Å². The highest BCUT2D eigenvalue weighted by atomic mass is 16.7. The predicted molar refractivity (Wildman–Crippen MR) is 128 cm³/mol. The molecule has 3 aromatic rings. The second-order valence-electron chi connectivity index (χ2n) is 8.26. The van der Waals surface area contributed by atoms with Gasteiger partial charge in [-0.05, 0) is 0 Å². The molecule has 4 atom stereocenters. The minimum atomic E-state index is -1.16. The van der Waals surface area contributed by atoms with Gasteiger partial charge in [-0.1, -0.05) is 30.3 Å². The molecule has 4 rings (SSSR count). The number of nitriles is 1. The molecule has 1 aliphatic rings. The molecule has 0 radical (unpaired) electrons. The number of aliphatic hydroxyl groups is 1. The molecule has 3 heterocycles. The first-order valence-electron chi connectivity index (χ1n) is 11.4. The molecule has 1 aliphatic heterocycles. The number of rotatable bonds is 7. The first-order valence-corrected chi connectivity index (χ1v) is 11.4. The molecule has 0 unspecified atom stereocenters. The van der Waals surface area contributed by atoms with Gasteiger partial charge in [0.15, 0.2) is 24.1 Å². The number of fused-ring (bicyclic) bond motifs is 1. The van der Waals surface area contributed by atoms with E-state index in [1.807, 2.05) is 6.07 Å². The number of allylic oxidation sites excluding steroid dienone is 1. The third-order valence-corrected chi connectivity index (χ3v) is 5.61. The van der Waals surface area contributed by atoms with Gasteiger partial charge >= 0.3 is 17.9 Å². The Kier molecular flexibility index (Phi) is 7.63. The summed E-state index contributed by atoms with van der Waals surface area (Å²) in [4.78, 5) is 47.9. The summed E-state index contributed by atoms with van der Waals surface area (Å²) in [6.07, 6.45) is -1.84. The Balaban J connectivity index is 1.80. The molecule has 1 saturated heterocycles. The molecule has 13 heteroatoms. The van der Waals surface area contributed by atoms with Crippen LogP contribution >= 0.6 is 0 Å². The summed E-state index contributed by atoms with van der Waals surface area (Å²) in [6.45, 7) is 3.30. The Morgan fingerprint density at radius 3 is 2.34 bits per heavy atom. The van der Waals surface area contributed by atoms with E-state index in [9.17, 15) is 24.8 Å². The van der Waals surface area contributed by atoms with Crippen LogP contribution in [-0.2, 0) is 33.3 Å². The van der Waals surface area contributed by atoms with Gasteiger partial charge in [0, 0.05) is 26.3 Å². The van der Waals surface area contributed by atoms with Crippen LogP contribution in [0.3, 0.4) is 0 Å². The van der Waals surface area contributed by atoms with Gasteiger partial charge in [-0.3, -0.25) is 19.0 Å². The van der Waals surface area contributed by atoms with Crippen molar-refractivity contribution in [1.82, 2.24) is 19.5 Å². The lowest BCUT2D eigenvalue weighted by atomic mass is 10.1. The molecule has 0 amide bonds. The van der Waals surface area contributed by atoms with Crippen LogP contribution in [0.1, 0.15) is 38.3 Å². The summed E-state index contributed by atoms with van der Waals surface area (Å²) < 4.78 is 23.4. The molecule has 2 aromatic heterocycles. The monoisotopic (exact) mass is 521 g/mol. The van der Waals surface area contributed by atoms with Crippen molar-refractivity contribution < 1.29 is 38.4 Å². The summed E-state index contributed by atoms with van der Waals surface area (Å²) in [6, 6.07) is 10.4. The quantitative estimate of drug-likeness (QED) is 0.208. The van der Waals surface area contributed by atoms with Gasteiger partial charge in [-0.25, -0.2) is 15.0 Å². The maximum atomic E-state index is 12.0. The summed E-state index contributed by atoms with van der Waals surface area (Å²) >= 11 is 0. The third kappa shape index (κ3) is 5.30. The Bertz CT molecular complexity index is 1440. The van der Waals surface area contributed by atoms with Crippen molar-refractivity contribution in [3.63, 3.8) is 0 Å².